The highest BCUT2D eigenvalue weighted by molar-refractivity contribution is 5.88. The highest BCUT2D eigenvalue weighted by atomic mass is 16.4. The standard InChI is InChI=1S/C18H25N5O3/c24-15-9-14(16(25)26)18(21-15)3-7-22(8-4-18)12-13-10-19-17(20-11-13)23-5-1-2-6-23/h10-11,14H,1-9,12H2,(H,21,24)(H,25,26). The van der Waals surface area contributed by atoms with Crippen LogP contribution in [0.1, 0.15) is 37.7 Å². The van der Waals surface area contributed by atoms with E-state index in [2.05, 4.69) is 25.1 Å². The van der Waals surface area contributed by atoms with Crippen LogP contribution in [0, 0.1) is 5.92 Å². The molecular formula is C18H25N5O3. The molecule has 0 radical (unpaired) electrons. The van der Waals surface area contributed by atoms with Crippen LogP contribution in [0.5, 0.6) is 0 Å². The summed E-state index contributed by atoms with van der Waals surface area (Å²) >= 11 is 0. The Morgan fingerprint density at radius 2 is 1.85 bits per heavy atom. The van der Waals surface area contributed by atoms with Crippen molar-refractivity contribution in [3.63, 3.8) is 0 Å². The fourth-order valence-electron chi connectivity index (χ4n) is 4.47. The molecule has 1 aromatic rings. The van der Waals surface area contributed by atoms with Crippen LogP contribution < -0.4 is 10.2 Å². The summed E-state index contributed by atoms with van der Waals surface area (Å²) in [6, 6.07) is 0. The predicted octanol–water partition coefficient (Wildman–Crippen LogP) is 0.632. The molecule has 0 bridgehead atoms. The second-order valence-electron chi connectivity index (χ2n) is 7.66. The number of piperidine rings is 1. The van der Waals surface area contributed by atoms with Crippen molar-refractivity contribution < 1.29 is 14.7 Å². The molecule has 140 valence electrons. The zero-order valence-electron chi connectivity index (χ0n) is 14.9. The zero-order valence-corrected chi connectivity index (χ0v) is 14.9. The van der Waals surface area contributed by atoms with Crippen molar-refractivity contribution in [2.75, 3.05) is 31.1 Å². The van der Waals surface area contributed by atoms with Gasteiger partial charge in [0.05, 0.1) is 11.5 Å². The molecule has 26 heavy (non-hydrogen) atoms. The molecule has 3 aliphatic heterocycles. The minimum Gasteiger partial charge on any atom is -0.481 e. The Morgan fingerprint density at radius 3 is 2.46 bits per heavy atom. The summed E-state index contributed by atoms with van der Waals surface area (Å²) < 4.78 is 0. The summed E-state index contributed by atoms with van der Waals surface area (Å²) in [6.07, 6.45) is 7.62. The summed E-state index contributed by atoms with van der Waals surface area (Å²) in [5.74, 6) is -0.818. The molecule has 3 saturated heterocycles. The zero-order chi connectivity index (χ0) is 18.1. The van der Waals surface area contributed by atoms with Gasteiger partial charge in [-0.3, -0.25) is 14.5 Å². The van der Waals surface area contributed by atoms with Crippen LogP contribution in [0.4, 0.5) is 5.95 Å². The average molecular weight is 359 g/mol. The summed E-state index contributed by atoms with van der Waals surface area (Å²) in [6.45, 7) is 4.34. The highest BCUT2D eigenvalue weighted by Gasteiger charge is 2.51. The Kier molecular flexibility index (Phi) is 4.52. The van der Waals surface area contributed by atoms with E-state index in [0.717, 1.165) is 44.2 Å². The molecular weight excluding hydrogens is 334 g/mol. The highest BCUT2D eigenvalue weighted by Crippen LogP contribution is 2.37. The predicted molar refractivity (Wildman–Crippen MR) is 94.6 cm³/mol. The normalized spacial score (nSPS) is 25.6. The van der Waals surface area contributed by atoms with Crippen LogP contribution in [0.2, 0.25) is 0 Å². The molecule has 0 saturated carbocycles. The third-order valence-corrected chi connectivity index (χ3v) is 5.98. The second-order valence-corrected chi connectivity index (χ2v) is 7.66. The first-order chi connectivity index (χ1) is 12.6. The number of nitrogens with one attached hydrogen (secondary N) is 1. The lowest BCUT2D eigenvalue weighted by molar-refractivity contribution is -0.144. The Hall–Kier alpha value is -2.22. The third kappa shape index (κ3) is 3.25. The molecule has 3 aliphatic rings. The molecule has 1 spiro atoms. The van der Waals surface area contributed by atoms with Crippen molar-refractivity contribution in [2.24, 2.45) is 5.92 Å². The molecule has 1 amide bonds. The first-order valence-electron chi connectivity index (χ1n) is 9.38. The van der Waals surface area contributed by atoms with Crippen molar-refractivity contribution in [1.29, 1.82) is 0 Å². The van der Waals surface area contributed by atoms with Gasteiger partial charge in [-0.25, -0.2) is 9.97 Å². The van der Waals surface area contributed by atoms with Crippen LogP contribution in [-0.2, 0) is 16.1 Å². The van der Waals surface area contributed by atoms with E-state index in [1.165, 1.54) is 12.8 Å². The minimum absolute atomic E-state index is 0.0983. The first-order valence-corrected chi connectivity index (χ1v) is 9.38. The molecule has 3 fully saturated rings. The molecule has 0 aliphatic carbocycles. The molecule has 0 aromatic carbocycles. The van der Waals surface area contributed by atoms with E-state index >= 15 is 0 Å². The van der Waals surface area contributed by atoms with E-state index in [4.69, 9.17) is 0 Å². The molecule has 1 aromatic heterocycles. The number of nitrogens with zero attached hydrogens (tertiary/aromatic N) is 4. The van der Waals surface area contributed by atoms with E-state index in [-0.39, 0.29) is 12.3 Å². The van der Waals surface area contributed by atoms with Crippen molar-refractivity contribution >= 4 is 17.8 Å². The van der Waals surface area contributed by atoms with Gasteiger partial charge in [-0.1, -0.05) is 0 Å². The number of likely N-dealkylation sites (tertiary alicyclic amines) is 1. The number of hydrogen-bond acceptors (Lipinski definition) is 6. The van der Waals surface area contributed by atoms with Gasteiger partial charge in [0.2, 0.25) is 11.9 Å². The summed E-state index contributed by atoms with van der Waals surface area (Å²) in [7, 11) is 0. The van der Waals surface area contributed by atoms with Gasteiger partial charge in [-0.2, -0.15) is 0 Å². The van der Waals surface area contributed by atoms with Gasteiger partial charge in [0.15, 0.2) is 0 Å². The van der Waals surface area contributed by atoms with Crippen molar-refractivity contribution in [3.8, 4) is 0 Å². The maximum absolute atomic E-state index is 11.7. The maximum atomic E-state index is 11.7. The summed E-state index contributed by atoms with van der Waals surface area (Å²) in [4.78, 5) is 36.7. The Morgan fingerprint density at radius 1 is 1.19 bits per heavy atom. The van der Waals surface area contributed by atoms with Crippen LogP contribution in [0.25, 0.3) is 0 Å². The van der Waals surface area contributed by atoms with E-state index in [1.807, 2.05) is 12.4 Å². The first kappa shape index (κ1) is 17.2. The van der Waals surface area contributed by atoms with Gasteiger partial charge < -0.3 is 15.3 Å². The van der Waals surface area contributed by atoms with Crippen LogP contribution in [0.15, 0.2) is 12.4 Å². The fraction of sp³-hybridized carbons (Fsp3) is 0.667. The average Bonchev–Trinajstić information content (AvgIpc) is 3.26. The number of rotatable bonds is 4. The fourth-order valence-corrected chi connectivity index (χ4v) is 4.47. The number of carbonyl (C=O) groups excluding carboxylic acids is 1. The molecule has 1 atom stereocenters. The van der Waals surface area contributed by atoms with Gasteiger partial charge in [0.25, 0.3) is 0 Å². The van der Waals surface area contributed by atoms with E-state index in [0.29, 0.717) is 12.8 Å². The number of hydrogen-bond donors (Lipinski definition) is 2. The summed E-state index contributed by atoms with van der Waals surface area (Å²) in [5.41, 5.74) is 0.490. The van der Waals surface area contributed by atoms with Gasteiger partial charge >= 0.3 is 5.97 Å². The molecule has 8 nitrogen and oxygen atoms in total. The smallest absolute Gasteiger partial charge is 0.309 e. The quantitative estimate of drug-likeness (QED) is 0.813. The molecule has 4 heterocycles. The van der Waals surface area contributed by atoms with Crippen molar-refractivity contribution in [2.45, 2.75) is 44.2 Å². The molecule has 4 rings (SSSR count). The lowest BCUT2D eigenvalue weighted by atomic mass is 9.77. The van der Waals surface area contributed by atoms with Crippen molar-refractivity contribution in [3.05, 3.63) is 18.0 Å². The lowest BCUT2D eigenvalue weighted by Gasteiger charge is -2.41. The number of anilines is 1. The van der Waals surface area contributed by atoms with Crippen LogP contribution in [-0.4, -0.2) is 63.6 Å². The largest absolute Gasteiger partial charge is 0.481 e. The van der Waals surface area contributed by atoms with E-state index in [9.17, 15) is 14.7 Å². The van der Waals surface area contributed by atoms with Gasteiger partial charge in [-0.15, -0.1) is 0 Å². The second kappa shape index (κ2) is 6.83. The SMILES string of the molecule is O=C1CC(C(=O)O)C2(CCN(Cc3cnc(N4CCCC4)nc3)CC2)N1. The van der Waals surface area contributed by atoms with Crippen molar-refractivity contribution in [1.82, 2.24) is 20.2 Å². The maximum Gasteiger partial charge on any atom is 0.309 e. The number of aliphatic carboxylic acids is 1. The number of carbonyl (C=O) groups is 2. The topological polar surface area (TPSA) is 98.7 Å². The number of carboxylic acids is 1. The number of carboxylic acid groups (broad SMARTS) is 1. The van der Waals surface area contributed by atoms with Gasteiger partial charge in [0.1, 0.15) is 0 Å². The minimum atomic E-state index is -0.872. The number of amides is 1. The molecule has 1 unspecified atom stereocenters. The number of aromatic nitrogens is 2. The molecule has 2 N–H and O–H groups in total. The van der Waals surface area contributed by atoms with E-state index < -0.39 is 17.4 Å². The van der Waals surface area contributed by atoms with Crippen LogP contribution in [0.3, 0.4) is 0 Å². The Labute approximate surface area is 152 Å². The van der Waals surface area contributed by atoms with Crippen LogP contribution >= 0.6 is 0 Å². The molecule has 8 heteroatoms. The Balaban J connectivity index is 1.35. The monoisotopic (exact) mass is 359 g/mol. The summed E-state index contributed by atoms with van der Waals surface area (Å²) in [5, 5.41) is 12.4. The van der Waals surface area contributed by atoms with Gasteiger partial charge in [0, 0.05) is 57.1 Å². The van der Waals surface area contributed by atoms with Gasteiger partial charge in [-0.05, 0) is 25.7 Å². The lowest BCUT2D eigenvalue weighted by Crippen LogP contribution is -2.55. The third-order valence-electron chi connectivity index (χ3n) is 5.98. The Bertz CT molecular complexity index is 679. The van der Waals surface area contributed by atoms with E-state index in [1.54, 1.807) is 0 Å².